The summed E-state index contributed by atoms with van der Waals surface area (Å²) in [4.78, 5) is 73.0. The van der Waals surface area contributed by atoms with Crippen molar-refractivity contribution in [3.8, 4) is 17.2 Å². The fraction of sp³-hybridized carbons (Fsp3) is 0.524. The number of fused-ring (bicyclic) bond motifs is 3. The quantitative estimate of drug-likeness (QED) is 0.0152. The molecule has 0 N–H and O–H groups in total. The van der Waals surface area contributed by atoms with Gasteiger partial charge in [-0.05, 0) is 93.1 Å². The summed E-state index contributed by atoms with van der Waals surface area (Å²) >= 11 is 0. The van der Waals surface area contributed by atoms with Crippen LogP contribution in [0.4, 0.5) is 0 Å². The Morgan fingerprint density at radius 2 is 0.603 bits per heavy atom. The molecule has 6 rings (SSSR count). The van der Waals surface area contributed by atoms with Crippen LogP contribution in [0.3, 0.4) is 0 Å². The Morgan fingerprint density at radius 1 is 0.333 bits per heavy atom. The van der Waals surface area contributed by atoms with Crippen molar-refractivity contribution >= 4 is 50.8 Å². The second kappa shape index (κ2) is 35.5. The summed E-state index contributed by atoms with van der Waals surface area (Å²) in [6.07, 6.45) is 23.4. The Labute approximate surface area is 457 Å². The molecule has 6 aromatic rings. The molecule has 3 heterocycles. The lowest BCUT2D eigenvalue weighted by Crippen LogP contribution is -2.30. The van der Waals surface area contributed by atoms with Gasteiger partial charge in [0.15, 0.2) is 6.10 Å². The van der Waals surface area contributed by atoms with Crippen LogP contribution in [0.15, 0.2) is 119 Å². The maximum Gasteiger partial charge on any atom is 0.336 e. The molecular formula is C63H80O15. The average Bonchev–Trinajstić information content (AvgIpc) is 3.45. The van der Waals surface area contributed by atoms with E-state index in [2.05, 4.69) is 0 Å². The number of hydrogen-bond donors (Lipinski definition) is 0. The highest BCUT2D eigenvalue weighted by atomic mass is 16.6. The van der Waals surface area contributed by atoms with Crippen molar-refractivity contribution in [1.82, 2.24) is 0 Å². The van der Waals surface area contributed by atoms with Crippen molar-refractivity contribution in [2.75, 3.05) is 33.0 Å². The maximum atomic E-state index is 12.9. The molecule has 0 unspecified atom stereocenters. The van der Waals surface area contributed by atoms with Crippen LogP contribution in [0.25, 0.3) is 32.9 Å². The third kappa shape index (κ3) is 24.2. The molecule has 0 bridgehead atoms. The maximum absolute atomic E-state index is 12.9. The van der Waals surface area contributed by atoms with Gasteiger partial charge in [0.2, 0.25) is 0 Å². The van der Waals surface area contributed by atoms with Crippen molar-refractivity contribution in [2.24, 2.45) is 0 Å². The number of unbranched alkanes of at least 4 members (excludes halogenated alkanes) is 21. The highest BCUT2D eigenvalue weighted by Gasteiger charge is 2.20. The molecule has 0 spiro atoms. The van der Waals surface area contributed by atoms with E-state index in [1.54, 1.807) is 36.4 Å². The van der Waals surface area contributed by atoms with Crippen LogP contribution in [0.2, 0.25) is 0 Å². The van der Waals surface area contributed by atoms with E-state index < -0.39 is 12.1 Å². The molecule has 3 aromatic carbocycles. The Morgan fingerprint density at radius 3 is 0.923 bits per heavy atom. The second-order valence-corrected chi connectivity index (χ2v) is 20.1. The van der Waals surface area contributed by atoms with Gasteiger partial charge in [0.1, 0.15) is 47.2 Å². The smallest absolute Gasteiger partial charge is 0.336 e. The normalized spacial score (nSPS) is 11.3. The molecule has 0 saturated carbocycles. The lowest BCUT2D eigenvalue weighted by molar-refractivity contribution is -0.167. The number of carbonyl (C=O) groups excluding carboxylic acids is 3. The van der Waals surface area contributed by atoms with Gasteiger partial charge in [-0.15, -0.1) is 0 Å². The number of esters is 3. The number of carbonyl (C=O) groups is 3. The fourth-order valence-corrected chi connectivity index (χ4v) is 9.14. The summed E-state index contributed by atoms with van der Waals surface area (Å²) in [5.74, 6) is 0.923. The molecule has 15 heteroatoms. The minimum Gasteiger partial charge on any atom is -0.493 e. The Bertz CT molecular complexity index is 2770. The minimum atomic E-state index is -0.877. The second-order valence-electron chi connectivity index (χ2n) is 20.1. The summed E-state index contributed by atoms with van der Waals surface area (Å²) in [5.41, 5.74) is 0.397. The molecule has 0 amide bonds. The zero-order valence-corrected chi connectivity index (χ0v) is 45.5. The highest BCUT2D eigenvalue weighted by molar-refractivity contribution is 5.79. The van der Waals surface area contributed by atoms with Crippen molar-refractivity contribution in [1.29, 1.82) is 0 Å². The molecule has 0 saturated heterocycles. The monoisotopic (exact) mass is 1080 g/mol. The number of benzene rings is 3. The molecule has 0 radical (unpaired) electrons. The minimum absolute atomic E-state index is 0.167. The Hall–Kier alpha value is -6.90. The molecule has 3 aromatic heterocycles. The summed E-state index contributed by atoms with van der Waals surface area (Å²) in [6, 6.07) is 25.9. The SMILES string of the molecule is O=C(CCCCCCCCCCOc1ccc2ccc(=O)oc2c1)OCC(COC(=O)CCCCCCCCCCOc1ccc2ccc(=O)oc2c1)OC(=O)CCCCCCCCCCOc1ccc2ccc(=O)oc2c1. The first kappa shape index (κ1) is 60.3. The van der Waals surface area contributed by atoms with Crippen molar-refractivity contribution in [2.45, 2.75) is 179 Å². The van der Waals surface area contributed by atoms with Crippen LogP contribution < -0.4 is 31.1 Å². The predicted molar refractivity (Wildman–Crippen MR) is 300 cm³/mol. The standard InChI is InChI=1S/C63H80O15/c64-58(25-19-13-7-1-4-10-16-22-40-70-51-34-28-48-31-37-61(67)76-55(48)43-51)73-46-54(75-60(66)27-21-15-9-3-6-12-18-24-42-72-53-36-30-50-33-39-63(69)78-57(50)45-53)47-74-59(65)26-20-14-8-2-5-11-17-23-41-71-52-35-29-49-32-38-62(68)77-56(49)44-52/h28-39,43-45,54H,1-27,40-42,46-47H2. The third-order valence-electron chi connectivity index (χ3n) is 13.6. The van der Waals surface area contributed by atoms with E-state index >= 15 is 0 Å². The van der Waals surface area contributed by atoms with Crippen molar-refractivity contribution < 1.29 is 56.1 Å². The number of ether oxygens (including phenoxy) is 6. The molecule has 0 aliphatic heterocycles. The van der Waals surface area contributed by atoms with Crippen LogP contribution in [-0.4, -0.2) is 57.0 Å². The molecule has 78 heavy (non-hydrogen) atoms. The molecule has 0 aliphatic carbocycles. The fourth-order valence-electron chi connectivity index (χ4n) is 9.14. The van der Waals surface area contributed by atoms with Crippen LogP contribution in [-0.2, 0) is 28.6 Å². The van der Waals surface area contributed by atoms with Crippen LogP contribution >= 0.6 is 0 Å². The van der Waals surface area contributed by atoms with Gasteiger partial charge >= 0.3 is 34.8 Å². The predicted octanol–water partition coefficient (Wildman–Crippen LogP) is 14.1. The lowest BCUT2D eigenvalue weighted by Gasteiger charge is -2.18. The molecule has 15 nitrogen and oxygen atoms in total. The molecular weight excluding hydrogens is 997 g/mol. The van der Waals surface area contributed by atoms with E-state index in [9.17, 15) is 28.8 Å². The zero-order valence-electron chi connectivity index (χ0n) is 45.5. The van der Waals surface area contributed by atoms with E-state index in [0.29, 0.717) is 73.1 Å². The molecule has 0 aliphatic rings. The first-order valence-electron chi connectivity index (χ1n) is 28.7. The van der Waals surface area contributed by atoms with E-state index in [1.165, 1.54) is 18.2 Å². The van der Waals surface area contributed by atoms with Gasteiger partial charge < -0.3 is 41.7 Å². The molecule has 0 fully saturated rings. The summed E-state index contributed by atoms with van der Waals surface area (Å²) in [5, 5.41) is 2.56. The topological polar surface area (TPSA) is 197 Å². The lowest BCUT2D eigenvalue weighted by atomic mass is 10.1. The zero-order chi connectivity index (χ0) is 54.8. The summed E-state index contributed by atoms with van der Waals surface area (Å²) in [6.45, 7) is 1.44. The summed E-state index contributed by atoms with van der Waals surface area (Å²) in [7, 11) is 0. The van der Waals surface area contributed by atoms with Crippen molar-refractivity contribution in [3.63, 3.8) is 0 Å². The molecule has 422 valence electrons. The number of hydrogen-bond acceptors (Lipinski definition) is 15. The average molecular weight is 1080 g/mol. The highest BCUT2D eigenvalue weighted by Crippen LogP contribution is 2.23. The van der Waals surface area contributed by atoms with Gasteiger partial charge in [0, 0.05) is 71.8 Å². The number of rotatable bonds is 41. The Kier molecular flexibility index (Phi) is 27.5. The Balaban J connectivity index is 0.783. The van der Waals surface area contributed by atoms with Crippen LogP contribution in [0.1, 0.15) is 173 Å². The van der Waals surface area contributed by atoms with Crippen LogP contribution in [0, 0.1) is 0 Å². The summed E-state index contributed by atoms with van der Waals surface area (Å²) < 4.78 is 50.1. The first-order valence-corrected chi connectivity index (χ1v) is 28.7. The van der Waals surface area contributed by atoms with Gasteiger partial charge in [-0.25, -0.2) is 14.4 Å². The van der Waals surface area contributed by atoms with Gasteiger partial charge in [-0.1, -0.05) is 116 Å². The van der Waals surface area contributed by atoms with Gasteiger partial charge in [-0.2, -0.15) is 0 Å². The van der Waals surface area contributed by atoms with E-state index in [0.717, 1.165) is 151 Å². The van der Waals surface area contributed by atoms with Gasteiger partial charge in [-0.3, -0.25) is 14.4 Å². The van der Waals surface area contributed by atoms with E-state index in [4.69, 9.17) is 41.7 Å². The largest absolute Gasteiger partial charge is 0.493 e. The van der Waals surface area contributed by atoms with E-state index in [1.807, 2.05) is 36.4 Å². The van der Waals surface area contributed by atoms with Crippen molar-refractivity contribution in [3.05, 3.63) is 122 Å². The molecule has 0 atom stereocenters. The van der Waals surface area contributed by atoms with E-state index in [-0.39, 0.29) is 61.3 Å². The first-order chi connectivity index (χ1) is 38.2. The van der Waals surface area contributed by atoms with Crippen LogP contribution in [0.5, 0.6) is 17.2 Å². The van der Waals surface area contributed by atoms with Gasteiger partial charge in [0.05, 0.1) is 19.8 Å². The van der Waals surface area contributed by atoms with Gasteiger partial charge in [0.25, 0.3) is 0 Å². The third-order valence-corrected chi connectivity index (χ3v) is 13.6.